The van der Waals surface area contributed by atoms with Crippen molar-refractivity contribution in [2.24, 2.45) is 5.73 Å². The number of nitrogens with two attached hydrogens (primary N) is 1. The van der Waals surface area contributed by atoms with E-state index >= 15 is 0 Å². The molecule has 0 aliphatic rings. The maximum absolute atomic E-state index is 12.0. The van der Waals surface area contributed by atoms with Crippen molar-refractivity contribution >= 4 is 36.3 Å². The number of carboxylic acid groups (broad SMARTS) is 1. The van der Waals surface area contributed by atoms with Crippen molar-refractivity contribution < 1.29 is 24.3 Å². The van der Waals surface area contributed by atoms with Gasteiger partial charge in [0, 0.05) is 5.75 Å². The summed E-state index contributed by atoms with van der Waals surface area (Å²) >= 11 is 3.96. The van der Waals surface area contributed by atoms with Crippen molar-refractivity contribution in [2.45, 2.75) is 44.9 Å². The molecule has 0 saturated heterocycles. The molecule has 0 aliphatic carbocycles. The van der Waals surface area contributed by atoms with Crippen LogP contribution >= 0.6 is 12.6 Å². The first-order chi connectivity index (χ1) is 10.1. The molecule has 0 heterocycles. The fourth-order valence-electron chi connectivity index (χ4n) is 1.28. The number of thiol groups is 1. The van der Waals surface area contributed by atoms with E-state index in [4.69, 9.17) is 10.8 Å². The van der Waals surface area contributed by atoms with Crippen LogP contribution in [0.1, 0.15) is 20.8 Å². The number of carboxylic acids is 1. The SMILES string of the molecule is CC(N)C(=O)NC(CS)C(=O)NC(C)C(=O)NC(C)C(=O)O. The van der Waals surface area contributed by atoms with Gasteiger partial charge in [0.2, 0.25) is 17.7 Å². The summed E-state index contributed by atoms with van der Waals surface area (Å²) < 4.78 is 0. The van der Waals surface area contributed by atoms with Crippen LogP contribution in [0.15, 0.2) is 0 Å². The van der Waals surface area contributed by atoms with Gasteiger partial charge in [0.25, 0.3) is 0 Å². The molecular formula is C12H22N4O5S. The van der Waals surface area contributed by atoms with Gasteiger partial charge in [-0.15, -0.1) is 0 Å². The number of hydrogen-bond acceptors (Lipinski definition) is 6. The van der Waals surface area contributed by atoms with Gasteiger partial charge in [-0.2, -0.15) is 12.6 Å². The van der Waals surface area contributed by atoms with Gasteiger partial charge in [0.15, 0.2) is 0 Å². The molecule has 4 atom stereocenters. The summed E-state index contributed by atoms with van der Waals surface area (Å²) in [6.45, 7) is 4.16. The highest BCUT2D eigenvalue weighted by Crippen LogP contribution is 1.94. The summed E-state index contributed by atoms with van der Waals surface area (Å²) in [6.07, 6.45) is 0. The molecule has 0 spiro atoms. The van der Waals surface area contributed by atoms with Gasteiger partial charge < -0.3 is 26.8 Å². The lowest BCUT2D eigenvalue weighted by atomic mass is 10.2. The predicted molar refractivity (Wildman–Crippen MR) is 82.3 cm³/mol. The molecule has 0 aliphatic heterocycles. The molecule has 10 heteroatoms. The van der Waals surface area contributed by atoms with E-state index in [2.05, 4.69) is 28.6 Å². The number of rotatable bonds is 8. The molecule has 0 rings (SSSR count). The Morgan fingerprint density at radius 2 is 1.45 bits per heavy atom. The average Bonchev–Trinajstić information content (AvgIpc) is 2.43. The quantitative estimate of drug-likeness (QED) is 0.278. The fourth-order valence-corrected chi connectivity index (χ4v) is 1.53. The van der Waals surface area contributed by atoms with E-state index < -0.39 is 47.9 Å². The molecule has 22 heavy (non-hydrogen) atoms. The van der Waals surface area contributed by atoms with Crippen molar-refractivity contribution in [3.63, 3.8) is 0 Å². The van der Waals surface area contributed by atoms with Crippen molar-refractivity contribution in [2.75, 3.05) is 5.75 Å². The molecule has 126 valence electrons. The molecule has 0 aromatic carbocycles. The van der Waals surface area contributed by atoms with E-state index in [1.54, 1.807) is 0 Å². The zero-order valence-corrected chi connectivity index (χ0v) is 13.5. The molecule has 9 nitrogen and oxygen atoms in total. The van der Waals surface area contributed by atoms with Gasteiger partial charge in [0.05, 0.1) is 6.04 Å². The van der Waals surface area contributed by atoms with E-state index in [9.17, 15) is 19.2 Å². The lowest BCUT2D eigenvalue weighted by Gasteiger charge is -2.21. The van der Waals surface area contributed by atoms with Crippen LogP contribution in [0.5, 0.6) is 0 Å². The highest BCUT2D eigenvalue weighted by molar-refractivity contribution is 7.80. The molecule has 0 aromatic rings. The Bertz CT molecular complexity index is 443. The highest BCUT2D eigenvalue weighted by Gasteiger charge is 2.25. The summed E-state index contributed by atoms with van der Waals surface area (Å²) in [5.74, 6) is -2.96. The number of aliphatic carboxylic acids is 1. The molecule has 6 N–H and O–H groups in total. The molecule has 0 radical (unpaired) electrons. The lowest BCUT2D eigenvalue weighted by molar-refractivity contribution is -0.141. The molecule has 0 fully saturated rings. The second kappa shape index (κ2) is 9.26. The monoisotopic (exact) mass is 334 g/mol. The van der Waals surface area contributed by atoms with Gasteiger partial charge in [-0.25, -0.2) is 0 Å². The van der Waals surface area contributed by atoms with Crippen molar-refractivity contribution in [3.05, 3.63) is 0 Å². The number of carbonyl (C=O) groups is 4. The maximum Gasteiger partial charge on any atom is 0.325 e. The van der Waals surface area contributed by atoms with Crippen LogP contribution in [0.2, 0.25) is 0 Å². The van der Waals surface area contributed by atoms with Crippen LogP contribution in [0.25, 0.3) is 0 Å². The Hall–Kier alpha value is -1.81. The van der Waals surface area contributed by atoms with Gasteiger partial charge in [0.1, 0.15) is 18.1 Å². The van der Waals surface area contributed by atoms with E-state index in [1.165, 1.54) is 20.8 Å². The number of nitrogens with one attached hydrogen (secondary N) is 3. The third-order valence-corrected chi connectivity index (χ3v) is 3.08. The minimum atomic E-state index is -1.19. The average molecular weight is 334 g/mol. The largest absolute Gasteiger partial charge is 0.480 e. The highest BCUT2D eigenvalue weighted by atomic mass is 32.1. The smallest absolute Gasteiger partial charge is 0.325 e. The van der Waals surface area contributed by atoms with E-state index in [0.717, 1.165) is 0 Å². The van der Waals surface area contributed by atoms with E-state index in [0.29, 0.717) is 0 Å². The number of amides is 3. The maximum atomic E-state index is 12.0. The van der Waals surface area contributed by atoms with Crippen molar-refractivity contribution in [1.29, 1.82) is 0 Å². The van der Waals surface area contributed by atoms with Gasteiger partial charge in [-0.1, -0.05) is 0 Å². The van der Waals surface area contributed by atoms with Crippen LogP contribution in [-0.4, -0.2) is 58.7 Å². The third-order valence-electron chi connectivity index (χ3n) is 2.71. The van der Waals surface area contributed by atoms with Crippen molar-refractivity contribution in [3.8, 4) is 0 Å². The van der Waals surface area contributed by atoms with E-state index in [1.807, 2.05) is 0 Å². The summed E-state index contributed by atoms with van der Waals surface area (Å²) in [4.78, 5) is 45.8. The van der Waals surface area contributed by atoms with E-state index in [-0.39, 0.29) is 5.75 Å². The fraction of sp³-hybridized carbons (Fsp3) is 0.667. The first-order valence-corrected chi connectivity index (χ1v) is 7.23. The Kier molecular flexibility index (Phi) is 8.50. The minimum Gasteiger partial charge on any atom is -0.480 e. The molecule has 0 saturated carbocycles. The Balaban J connectivity index is 4.57. The second-order valence-electron chi connectivity index (χ2n) is 4.83. The zero-order chi connectivity index (χ0) is 17.4. The van der Waals surface area contributed by atoms with Crippen molar-refractivity contribution in [1.82, 2.24) is 16.0 Å². The van der Waals surface area contributed by atoms with Crippen LogP contribution in [0.3, 0.4) is 0 Å². The van der Waals surface area contributed by atoms with Crippen LogP contribution in [0.4, 0.5) is 0 Å². The van der Waals surface area contributed by atoms with Crippen LogP contribution < -0.4 is 21.7 Å². The molecule has 0 aromatic heterocycles. The first kappa shape index (κ1) is 20.2. The zero-order valence-electron chi connectivity index (χ0n) is 12.6. The predicted octanol–water partition coefficient (Wildman–Crippen LogP) is -2.16. The summed E-state index contributed by atoms with van der Waals surface area (Å²) in [5.41, 5.74) is 5.38. The summed E-state index contributed by atoms with van der Waals surface area (Å²) in [6, 6.07) is -3.78. The minimum absolute atomic E-state index is 0.0180. The topological polar surface area (TPSA) is 151 Å². The van der Waals surface area contributed by atoms with Gasteiger partial charge in [-0.05, 0) is 20.8 Å². The molecule has 4 unspecified atom stereocenters. The first-order valence-electron chi connectivity index (χ1n) is 6.60. The Morgan fingerprint density at radius 1 is 0.955 bits per heavy atom. The van der Waals surface area contributed by atoms with Gasteiger partial charge >= 0.3 is 5.97 Å². The van der Waals surface area contributed by atoms with Gasteiger partial charge in [-0.3, -0.25) is 19.2 Å². The normalized spacial score (nSPS) is 15.9. The second-order valence-corrected chi connectivity index (χ2v) is 5.20. The van der Waals surface area contributed by atoms with Crippen LogP contribution in [-0.2, 0) is 19.2 Å². The third kappa shape index (κ3) is 6.76. The molecule has 0 bridgehead atoms. The number of carbonyl (C=O) groups excluding carboxylic acids is 3. The molecular weight excluding hydrogens is 312 g/mol. The Morgan fingerprint density at radius 3 is 1.86 bits per heavy atom. The standard InChI is InChI=1S/C12H22N4O5S/c1-5(13)9(17)16-8(4-22)11(19)14-6(2)10(18)15-7(3)12(20)21/h5-8,22H,4,13H2,1-3H3,(H,14,19)(H,15,18)(H,16,17)(H,20,21). The summed E-state index contributed by atoms with van der Waals surface area (Å²) in [7, 11) is 0. The lowest BCUT2D eigenvalue weighted by Crippen LogP contribution is -2.56. The number of hydrogen-bond donors (Lipinski definition) is 6. The van der Waals surface area contributed by atoms with Crippen LogP contribution in [0, 0.1) is 0 Å². The Labute approximate surface area is 133 Å². The summed E-state index contributed by atoms with van der Waals surface area (Å²) in [5, 5.41) is 15.7. The molecule has 3 amide bonds.